The third-order valence-corrected chi connectivity index (χ3v) is 4.43. The van der Waals surface area contributed by atoms with Crippen LogP contribution in [0.2, 0.25) is 0 Å². The Kier molecular flexibility index (Phi) is 5.37. The number of rotatable bonds is 4. The minimum atomic E-state index is -0.568. The fourth-order valence-electron chi connectivity index (χ4n) is 2.66. The Labute approximate surface area is 145 Å². The summed E-state index contributed by atoms with van der Waals surface area (Å²) in [5.74, 6) is -0.995. The van der Waals surface area contributed by atoms with E-state index in [0.29, 0.717) is 5.69 Å². The summed E-state index contributed by atoms with van der Waals surface area (Å²) in [7, 11) is 0. The van der Waals surface area contributed by atoms with E-state index < -0.39 is 11.7 Å². The van der Waals surface area contributed by atoms with Gasteiger partial charge in [-0.15, -0.1) is 0 Å². The van der Waals surface area contributed by atoms with Gasteiger partial charge in [-0.25, -0.2) is 0 Å². The number of carbonyl (C=O) groups excluding carboxylic acids is 2. The van der Waals surface area contributed by atoms with Crippen molar-refractivity contribution in [2.24, 2.45) is 0 Å². The maximum atomic E-state index is 12.3. The Balaban J connectivity index is 2.17. The van der Waals surface area contributed by atoms with Crippen LogP contribution >= 0.6 is 15.9 Å². The highest BCUT2D eigenvalue weighted by Crippen LogP contribution is 2.25. The number of nitrogens with one attached hydrogen (secondary N) is 1. The molecule has 0 aliphatic rings. The van der Waals surface area contributed by atoms with E-state index >= 15 is 0 Å². The summed E-state index contributed by atoms with van der Waals surface area (Å²) in [6, 6.07) is 9.69. The van der Waals surface area contributed by atoms with Gasteiger partial charge in [-0.1, -0.05) is 34.1 Å². The van der Waals surface area contributed by atoms with E-state index in [1.165, 1.54) is 0 Å². The van der Waals surface area contributed by atoms with Crippen molar-refractivity contribution in [2.45, 2.75) is 34.1 Å². The topological polar surface area (TPSA) is 46.2 Å². The quantitative estimate of drug-likeness (QED) is 0.805. The average molecular weight is 374 g/mol. The van der Waals surface area contributed by atoms with Crippen LogP contribution in [0, 0.1) is 27.7 Å². The molecule has 0 aromatic heterocycles. The Morgan fingerprint density at radius 1 is 0.957 bits per heavy atom. The first-order valence-corrected chi connectivity index (χ1v) is 8.25. The highest BCUT2D eigenvalue weighted by atomic mass is 79.9. The molecule has 0 aliphatic heterocycles. The Morgan fingerprint density at radius 2 is 1.48 bits per heavy atom. The summed E-state index contributed by atoms with van der Waals surface area (Å²) < 4.78 is 0.951. The van der Waals surface area contributed by atoms with Gasteiger partial charge in [0.15, 0.2) is 0 Å². The molecule has 0 radical (unpaired) electrons. The molecular weight excluding hydrogens is 354 g/mol. The molecule has 0 atom stereocenters. The molecule has 1 N–H and O–H groups in total. The van der Waals surface area contributed by atoms with Crippen molar-refractivity contribution in [3.63, 3.8) is 0 Å². The highest BCUT2D eigenvalue weighted by molar-refractivity contribution is 9.10. The van der Waals surface area contributed by atoms with Crippen LogP contribution in [0.5, 0.6) is 0 Å². The van der Waals surface area contributed by atoms with Gasteiger partial charge >= 0.3 is 0 Å². The summed E-state index contributed by atoms with van der Waals surface area (Å²) >= 11 is 3.42. The highest BCUT2D eigenvalue weighted by Gasteiger charge is 2.18. The van der Waals surface area contributed by atoms with Crippen molar-refractivity contribution in [1.29, 1.82) is 0 Å². The van der Waals surface area contributed by atoms with E-state index in [0.717, 1.165) is 32.3 Å². The summed E-state index contributed by atoms with van der Waals surface area (Å²) in [5, 5.41) is 2.76. The maximum absolute atomic E-state index is 12.3. The second-order valence-corrected chi connectivity index (χ2v) is 6.75. The molecule has 1 amide bonds. The molecule has 3 nitrogen and oxygen atoms in total. The molecule has 0 bridgehead atoms. The molecule has 2 rings (SSSR count). The molecule has 0 saturated carbocycles. The van der Waals surface area contributed by atoms with Gasteiger partial charge in [-0.2, -0.15) is 0 Å². The summed E-state index contributed by atoms with van der Waals surface area (Å²) in [6.45, 7) is 7.72. The van der Waals surface area contributed by atoms with Gasteiger partial charge < -0.3 is 5.32 Å². The number of hydrogen-bond acceptors (Lipinski definition) is 2. The molecule has 0 fully saturated rings. The number of benzene rings is 2. The predicted octanol–water partition coefficient (Wildman–Crippen LogP) is 4.43. The van der Waals surface area contributed by atoms with Crippen LogP contribution in [0.4, 0.5) is 5.69 Å². The van der Waals surface area contributed by atoms with Crippen LogP contribution < -0.4 is 5.32 Å². The molecule has 0 saturated heterocycles. The van der Waals surface area contributed by atoms with Crippen molar-refractivity contribution < 1.29 is 9.59 Å². The first-order chi connectivity index (χ1) is 10.8. The SMILES string of the molecule is Cc1cccc(C)c1CC(=O)C(=O)Nc1c(C)cc(Br)cc1C. The number of ketones is 1. The molecule has 4 heteroatoms. The molecule has 2 aromatic carbocycles. The monoisotopic (exact) mass is 373 g/mol. The second-order valence-electron chi connectivity index (χ2n) is 5.84. The molecule has 0 unspecified atom stereocenters. The average Bonchev–Trinajstić information content (AvgIpc) is 2.46. The fraction of sp³-hybridized carbons (Fsp3) is 0.263. The molecule has 120 valence electrons. The van der Waals surface area contributed by atoms with E-state index in [-0.39, 0.29) is 6.42 Å². The maximum Gasteiger partial charge on any atom is 0.292 e. The van der Waals surface area contributed by atoms with Gasteiger partial charge in [0.2, 0.25) is 5.78 Å². The molecule has 0 heterocycles. The van der Waals surface area contributed by atoms with Crippen molar-refractivity contribution in [2.75, 3.05) is 5.32 Å². The number of anilines is 1. The smallest absolute Gasteiger partial charge is 0.292 e. The van der Waals surface area contributed by atoms with E-state index in [4.69, 9.17) is 0 Å². The lowest BCUT2D eigenvalue weighted by molar-refractivity contribution is -0.134. The first kappa shape index (κ1) is 17.4. The van der Waals surface area contributed by atoms with Crippen LogP contribution in [0.15, 0.2) is 34.8 Å². The number of halogens is 1. The fourth-order valence-corrected chi connectivity index (χ4v) is 3.35. The van der Waals surface area contributed by atoms with Gasteiger partial charge in [-0.05, 0) is 67.6 Å². The zero-order chi connectivity index (χ0) is 17.1. The second kappa shape index (κ2) is 7.09. The number of carbonyl (C=O) groups is 2. The number of Topliss-reactive ketones (excluding diaryl/α,β-unsaturated/α-hetero) is 1. The lowest BCUT2D eigenvalue weighted by atomic mass is 9.98. The standard InChI is InChI=1S/C19H20BrNO2/c1-11-6-5-7-12(2)16(11)10-17(22)19(23)21-18-13(3)8-15(20)9-14(18)4/h5-9H,10H2,1-4H3,(H,21,23). The van der Waals surface area contributed by atoms with Crippen LogP contribution in [0.1, 0.15) is 27.8 Å². The normalized spacial score (nSPS) is 10.5. The van der Waals surface area contributed by atoms with Crippen LogP contribution in [-0.4, -0.2) is 11.7 Å². The van der Waals surface area contributed by atoms with Gasteiger partial charge in [-0.3, -0.25) is 9.59 Å². The van der Waals surface area contributed by atoms with Gasteiger partial charge in [0.05, 0.1) is 0 Å². The Hall–Kier alpha value is -1.94. The van der Waals surface area contributed by atoms with E-state index in [1.807, 2.05) is 58.0 Å². The molecular formula is C19H20BrNO2. The first-order valence-electron chi connectivity index (χ1n) is 7.45. The van der Waals surface area contributed by atoms with Crippen molar-refractivity contribution in [3.05, 3.63) is 62.6 Å². The number of hydrogen-bond donors (Lipinski definition) is 1. The Morgan fingerprint density at radius 3 is 2.00 bits per heavy atom. The minimum absolute atomic E-state index is 0.124. The van der Waals surface area contributed by atoms with Crippen LogP contribution in [0.3, 0.4) is 0 Å². The third kappa shape index (κ3) is 4.08. The van der Waals surface area contributed by atoms with E-state index in [2.05, 4.69) is 21.2 Å². The molecule has 23 heavy (non-hydrogen) atoms. The molecule has 2 aromatic rings. The van der Waals surface area contributed by atoms with E-state index in [9.17, 15) is 9.59 Å². The minimum Gasteiger partial charge on any atom is -0.319 e. The third-order valence-electron chi connectivity index (χ3n) is 3.97. The zero-order valence-electron chi connectivity index (χ0n) is 13.8. The zero-order valence-corrected chi connectivity index (χ0v) is 15.4. The number of aryl methyl sites for hydroxylation is 4. The largest absolute Gasteiger partial charge is 0.319 e. The predicted molar refractivity (Wildman–Crippen MR) is 96.9 cm³/mol. The van der Waals surface area contributed by atoms with Crippen LogP contribution in [-0.2, 0) is 16.0 Å². The van der Waals surface area contributed by atoms with Crippen molar-refractivity contribution >= 4 is 33.3 Å². The summed E-state index contributed by atoms with van der Waals surface area (Å²) in [5.41, 5.74) is 5.53. The Bertz CT molecular complexity index is 738. The number of amides is 1. The van der Waals surface area contributed by atoms with Crippen molar-refractivity contribution in [1.82, 2.24) is 0 Å². The van der Waals surface area contributed by atoms with Gasteiger partial charge in [0.1, 0.15) is 0 Å². The lowest BCUT2D eigenvalue weighted by Crippen LogP contribution is -2.25. The van der Waals surface area contributed by atoms with E-state index in [1.54, 1.807) is 0 Å². The van der Waals surface area contributed by atoms with Crippen molar-refractivity contribution in [3.8, 4) is 0 Å². The molecule has 0 spiro atoms. The summed E-state index contributed by atoms with van der Waals surface area (Å²) in [4.78, 5) is 24.5. The lowest BCUT2D eigenvalue weighted by Gasteiger charge is -2.13. The molecule has 0 aliphatic carbocycles. The van der Waals surface area contributed by atoms with Gasteiger partial charge in [0.25, 0.3) is 5.91 Å². The van der Waals surface area contributed by atoms with Gasteiger partial charge in [0, 0.05) is 16.6 Å². The summed E-state index contributed by atoms with van der Waals surface area (Å²) in [6.07, 6.45) is 0.124. The van der Waals surface area contributed by atoms with Crippen LogP contribution in [0.25, 0.3) is 0 Å².